The number of anilines is 1. The zero-order valence-electron chi connectivity index (χ0n) is 8.34. The van der Waals surface area contributed by atoms with Crippen LogP contribution in [0.5, 0.6) is 5.75 Å². The summed E-state index contributed by atoms with van der Waals surface area (Å²) in [6, 6.07) is 5.41. The highest BCUT2D eigenvalue weighted by molar-refractivity contribution is 5.72. The van der Waals surface area contributed by atoms with Crippen LogP contribution in [0.15, 0.2) is 24.5 Å². The first-order valence-corrected chi connectivity index (χ1v) is 4.39. The number of aryl methyl sites for hydroxylation is 1. The van der Waals surface area contributed by atoms with E-state index in [1.165, 1.54) is 0 Å². The van der Waals surface area contributed by atoms with E-state index in [4.69, 9.17) is 10.2 Å². The summed E-state index contributed by atoms with van der Waals surface area (Å²) < 4.78 is 6.59. The average Bonchev–Trinajstić information content (AvgIpc) is 2.64. The van der Waals surface area contributed by atoms with Crippen LogP contribution in [0, 0.1) is 0 Å². The van der Waals surface area contributed by atoms with Crippen molar-refractivity contribution in [2.45, 2.75) is 0 Å². The van der Waals surface area contributed by atoms with Gasteiger partial charge in [0.25, 0.3) is 6.79 Å². The zero-order valence-corrected chi connectivity index (χ0v) is 8.34. The predicted molar refractivity (Wildman–Crippen MR) is 57.4 cm³/mol. The first-order chi connectivity index (χ1) is 7.22. The van der Waals surface area contributed by atoms with Crippen LogP contribution in [-0.2, 0) is 11.5 Å². The maximum atomic E-state index is 5.75. The standard InChI is InChI=1S/C10H11N4O/c1-14-6-12-10(13-14)7-4-3-5-8(11)9(7)15-2/h3-6H,2,11H2,1H3/q+1. The molecule has 2 N–H and O–H groups in total. The van der Waals surface area contributed by atoms with Crippen molar-refractivity contribution in [3.63, 3.8) is 0 Å². The van der Waals surface area contributed by atoms with Crippen molar-refractivity contribution in [1.82, 2.24) is 14.8 Å². The van der Waals surface area contributed by atoms with Gasteiger partial charge in [0.05, 0.1) is 0 Å². The summed E-state index contributed by atoms with van der Waals surface area (Å²) in [6.45, 7) is 3.37. The molecule has 0 aliphatic rings. The van der Waals surface area contributed by atoms with Crippen LogP contribution in [-0.4, -0.2) is 21.6 Å². The molecular formula is C10H11N4O+. The lowest BCUT2D eigenvalue weighted by Crippen LogP contribution is -1.91. The number of hydrogen-bond acceptors (Lipinski definition) is 3. The number of nitrogens with zero attached hydrogens (tertiary/aromatic N) is 3. The SMILES string of the molecule is C=[O+]c1c(N)cccc1-c1ncn(C)n1. The minimum absolute atomic E-state index is 0.503. The lowest BCUT2D eigenvalue weighted by molar-refractivity contribution is -0.352. The Hall–Kier alpha value is -2.17. The minimum atomic E-state index is 0.503. The van der Waals surface area contributed by atoms with E-state index in [2.05, 4.69) is 16.9 Å². The Morgan fingerprint density at radius 1 is 1.47 bits per heavy atom. The fraction of sp³-hybridized carbons (Fsp3) is 0.100. The quantitative estimate of drug-likeness (QED) is 0.588. The van der Waals surface area contributed by atoms with E-state index in [0.29, 0.717) is 17.3 Å². The van der Waals surface area contributed by atoms with E-state index in [0.717, 1.165) is 5.56 Å². The lowest BCUT2D eigenvalue weighted by Gasteiger charge is -1.95. The van der Waals surface area contributed by atoms with Gasteiger partial charge in [0, 0.05) is 7.05 Å². The fourth-order valence-corrected chi connectivity index (χ4v) is 1.35. The van der Waals surface area contributed by atoms with E-state index in [9.17, 15) is 0 Å². The van der Waals surface area contributed by atoms with E-state index < -0.39 is 0 Å². The van der Waals surface area contributed by atoms with E-state index in [1.54, 1.807) is 24.1 Å². The van der Waals surface area contributed by atoms with Crippen LogP contribution < -0.4 is 5.73 Å². The molecule has 1 aromatic heterocycles. The van der Waals surface area contributed by atoms with Gasteiger partial charge < -0.3 is 5.73 Å². The summed E-state index contributed by atoms with van der Waals surface area (Å²) in [7, 11) is 1.80. The van der Waals surface area contributed by atoms with Gasteiger partial charge in [-0.3, -0.25) is 4.68 Å². The molecule has 0 aliphatic heterocycles. The largest absolute Gasteiger partial charge is 0.391 e. The Balaban J connectivity index is 2.62. The zero-order chi connectivity index (χ0) is 10.8. The van der Waals surface area contributed by atoms with Gasteiger partial charge in [-0.25, -0.2) is 9.41 Å². The molecule has 1 heterocycles. The van der Waals surface area contributed by atoms with Crippen LogP contribution in [0.1, 0.15) is 0 Å². The Bertz CT molecular complexity index is 504. The smallest absolute Gasteiger partial charge is 0.385 e. The number of hydrogen-bond donors (Lipinski definition) is 1. The molecule has 0 bridgehead atoms. The first kappa shape index (κ1) is 9.39. The molecule has 0 spiro atoms. The number of nitrogens with two attached hydrogens (primary N) is 1. The second-order valence-corrected chi connectivity index (χ2v) is 3.11. The number of aromatic nitrogens is 3. The number of nitrogen functional groups attached to an aromatic ring is 1. The molecule has 0 unspecified atom stereocenters. The summed E-state index contributed by atoms with van der Waals surface area (Å²) in [5.74, 6) is 1.08. The van der Waals surface area contributed by atoms with Crippen molar-refractivity contribution < 1.29 is 4.42 Å². The number of carbonyl (C=O) groups excluding carboxylic acids is 1. The summed E-state index contributed by atoms with van der Waals surface area (Å²) in [4.78, 5) is 4.12. The molecule has 5 nitrogen and oxygen atoms in total. The third-order valence-electron chi connectivity index (χ3n) is 2.03. The molecule has 1 aromatic carbocycles. The van der Waals surface area contributed by atoms with Crippen molar-refractivity contribution in [2.75, 3.05) is 5.73 Å². The second kappa shape index (κ2) is 3.53. The number of para-hydroxylation sites is 1. The van der Waals surface area contributed by atoms with Gasteiger partial charge >= 0.3 is 5.75 Å². The fourth-order valence-electron chi connectivity index (χ4n) is 1.35. The third kappa shape index (κ3) is 1.59. The molecule has 0 fully saturated rings. The minimum Gasteiger partial charge on any atom is -0.391 e. The molecule has 0 radical (unpaired) electrons. The van der Waals surface area contributed by atoms with Gasteiger partial charge in [0.2, 0.25) is 0 Å². The van der Waals surface area contributed by atoms with Crippen LogP contribution in [0.4, 0.5) is 5.69 Å². The molecule has 2 aromatic rings. The van der Waals surface area contributed by atoms with Gasteiger partial charge in [0.1, 0.15) is 17.6 Å². The molecular weight excluding hydrogens is 192 g/mol. The normalized spacial score (nSPS) is 10.2. The van der Waals surface area contributed by atoms with Crippen LogP contribution in [0.3, 0.4) is 0 Å². The lowest BCUT2D eigenvalue weighted by atomic mass is 10.1. The Morgan fingerprint density at radius 2 is 2.27 bits per heavy atom. The maximum Gasteiger partial charge on any atom is 0.385 e. The van der Waals surface area contributed by atoms with Gasteiger partial charge in [-0.2, -0.15) is 5.10 Å². The predicted octanol–water partition coefficient (Wildman–Crippen LogP) is 1.14. The highest BCUT2D eigenvalue weighted by Gasteiger charge is 2.19. The van der Waals surface area contributed by atoms with E-state index in [-0.39, 0.29) is 0 Å². The first-order valence-electron chi connectivity index (χ1n) is 4.39. The Labute approximate surface area is 86.9 Å². The average molecular weight is 203 g/mol. The van der Waals surface area contributed by atoms with Crippen molar-refractivity contribution in [3.05, 3.63) is 24.5 Å². The third-order valence-corrected chi connectivity index (χ3v) is 2.03. The van der Waals surface area contributed by atoms with Crippen molar-refractivity contribution >= 4 is 12.5 Å². The maximum absolute atomic E-state index is 5.75. The van der Waals surface area contributed by atoms with Crippen molar-refractivity contribution in [2.24, 2.45) is 7.05 Å². The molecule has 0 aliphatic carbocycles. The van der Waals surface area contributed by atoms with Gasteiger partial charge in [-0.1, -0.05) is 6.07 Å². The van der Waals surface area contributed by atoms with E-state index >= 15 is 0 Å². The van der Waals surface area contributed by atoms with Crippen molar-refractivity contribution in [3.8, 4) is 17.1 Å². The summed E-state index contributed by atoms with van der Waals surface area (Å²) in [6.07, 6.45) is 1.62. The summed E-state index contributed by atoms with van der Waals surface area (Å²) >= 11 is 0. The highest BCUT2D eigenvalue weighted by Crippen LogP contribution is 2.32. The molecule has 15 heavy (non-hydrogen) atoms. The van der Waals surface area contributed by atoms with Crippen LogP contribution >= 0.6 is 0 Å². The molecule has 2 rings (SSSR count). The van der Waals surface area contributed by atoms with Crippen LogP contribution in [0.2, 0.25) is 0 Å². The van der Waals surface area contributed by atoms with Gasteiger partial charge in [0.15, 0.2) is 5.82 Å². The summed E-state index contributed by atoms with van der Waals surface area (Å²) in [5, 5.41) is 4.17. The molecule has 0 saturated carbocycles. The molecule has 0 amide bonds. The molecule has 0 atom stereocenters. The van der Waals surface area contributed by atoms with Gasteiger partial charge in [-0.15, -0.1) is 0 Å². The Kier molecular flexibility index (Phi) is 2.21. The molecule has 76 valence electrons. The summed E-state index contributed by atoms with van der Waals surface area (Å²) in [5.41, 5.74) is 7.01. The van der Waals surface area contributed by atoms with Crippen molar-refractivity contribution in [1.29, 1.82) is 0 Å². The highest BCUT2D eigenvalue weighted by atomic mass is 16.4. The Morgan fingerprint density at radius 3 is 2.87 bits per heavy atom. The van der Waals surface area contributed by atoms with Gasteiger partial charge in [-0.05, 0) is 12.1 Å². The van der Waals surface area contributed by atoms with Crippen LogP contribution in [0.25, 0.3) is 11.4 Å². The number of benzene rings is 1. The van der Waals surface area contributed by atoms with E-state index in [1.807, 2.05) is 12.1 Å². The monoisotopic (exact) mass is 203 g/mol. The number of rotatable bonds is 2. The topological polar surface area (TPSA) is 68.0 Å². The molecule has 0 saturated heterocycles. The molecule has 5 heteroatoms. The second-order valence-electron chi connectivity index (χ2n) is 3.11.